The van der Waals surface area contributed by atoms with Gasteiger partial charge >= 0.3 is 0 Å². The number of hydrogen-bond donors (Lipinski definition) is 0. The highest BCUT2D eigenvalue weighted by Gasteiger charge is 2.22. The highest BCUT2D eigenvalue weighted by molar-refractivity contribution is 9.09. The van der Waals surface area contributed by atoms with Crippen LogP contribution < -0.4 is 14.2 Å². The molecule has 0 spiro atoms. The molecule has 0 N–H and O–H groups in total. The molecule has 0 aliphatic rings. The Bertz CT molecular complexity index is 465. The number of rotatable bonds is 7. The Hall–Kier alpha value is -1.43. The molecular weight excluding hydrogens is 326 g/mol. The molecule has 0 fully saturated rings. The first-order chi connectivity index (χ1) is 9.60. The van der Waals surface area contributed by atoms with Crippen molar-refractivity contribution in [2.45, 2.75) is 6.42 Å². The van der Waals surface area contributed by atoms with E-state index in [0.717, 1.165) is 11.8 Å². The van der Waals surface area contributed by atoms with Gasteiger partial charge < -0.3 is 19.1 Å². The molecule has 1 rings (SSSR count). The quantitative estimate of drug-likeness (QED) is 0.712. The molecule has 112 valence electrons. The van der Waals surface area contributed by atoms with Gasteiger partial charge in [0, 0.05) is 18.9 Å². The number of carbonyl (C=O) groups excluding carboxylic acids is 1. The second-order valence-electron chi connectivity index (χ2n) is 4.15. The number of methoxy groups -OCH3 is 3. The lowest BCUT2D eigenvalue weighted by Gasteiger charge is -2.20. The van der Waals surface area contributed by atoms with Crippen molar-refractivity contribution >= 4 is 21.8 Å². The van der Waals surface area contributed by atoms with Gasteiger partial charge in [-0.1, -0.05) is 15.9 Å². The summed E-state index contributed by atoms with van der Waals surface area (Å²) in [6.45, 7) is 0.668. The monoisotopic (exact) mass is 345 g/mol. The van der Waals surface area contributed by atoms with Crippen molar-refractivity contribution in [1.82, 2.24) is 4.90 Å². The van der Waals surface area contributed by atoms with Crippen LogP contribution in [0.1, 0.15) is 16.8 Å². The van der Waals surface area contributed by atoms with Gasteiger partial charge in [-0.2, -0.15) is 0 Å². The second kappa shape index (κ2) is 7.99. The maximum atomic E-state index is 12.4. The van der Waals surface area contributed by atoms with E-state index in [-0.39, 0.29) is 5.91 Å². The highest BCUT2D eigenvalue weighted by Crippen LogP contribution is 2.40. The molecule has 0 bridgehead atoms. The van der Waals surface area contributed by atoms with Crippen molar-refractivity contribution in [1.29, 1.82) is 0 Å². The van der Waals surface area contributed by atoms with Crippen molar-refractivity contribution in [2.75, 3.05) is 40.3 Å². The van der Waals surface area contributed by atoms with Crippen LogP contribution >= 0.6 is 15.9 Å². The molecule has 0 radical (unpaired) electrons. The van der Waals surface area contributed by atoms with Crippen LogP contribution in [0.2, 0.25) is 0 Å². The van der Waals surface area contributed by atoms with E-state index in [4.69, 9.17) is 14.2 Å². The Morgan fingerprint density at radius 2 is 1.80 bits per heavy atom. The number of hydrogen-bond acceptors (Lipinski definition) is 4. The lowest BCUT2D eigenvalue weighted by molar-refractivity contribution is 0.0791. The van der Waals surface area contributed by atoms with Gasteiger partial charge in [-0.05, 0) is 18.6 Å². The summed E-state index contributed by atoms with van der Waals surface area (Å²) < 4.78 is 15.8. The van der Waals surface area contributed by atoms with Gasteiger partial charge in [0.2, 0.25) is 5.75 Å². The fourth-order valence-electron chi connectivity index (χ4n) is 1.87. The first-order valence-electron chi connectivity index (χ1n) is 6.21. The van der Waals surface area contributed by atoms with E-state index in [0.29, 0.717) is 29.4 Å². The van der Waals surface area contributed by atoms with E-state index in [1.54, 1.807) is 31.2 Å². The standard InChI is InChI=1S/C14H20BrNO4/c1-16(9-5-8-15)14(17)10-6-7-11(18-2)13(20-4)12(10)19-3/h6-7H,5,8-9H2,1-4H3. The van der Waals surface area contributed by atoms with Crippen molar-refractivity contribution < 1.29 is 19.0 Å². The third-order valence-corrected chi connectivity index (χ3v) is 3.47. The molecule has 0 heterocycles. The van der Waals surface area contributed by atoms with Crippen LogP contribution in [0.5, 0.6) is 17.2 Å². The average Bonchev–Trinajstić information content (AvgIpc) is 2.49. The van der Waals surface area contributed by atoms with Crippen molar-refractivity contribution in [2.24, 2.45) is 0 Å². The van der Waals surface area contributed by atoms with E-state index in [1.165, 1.54) is 14.2 Å². The lowest BCUT2D eigenvalue weighted by atomic mass is 10.1. The van der Waals surface area contributed by atoms with Crippen LogP contribution in [0.25, 0.3) is 0 Å². The van der Waals surface area contributed by atoms with Crippen LogP contribution in [0.4, 0.5) is 0 Å². The maximum Gasteiger partial charge on any atom is 0.257 e. The molecule has 0 saturated carbocycles. The van der Waals surface area contributed by atoms with Crippen molar-refractivity contribution in [3.8, 4) is 17.2 Å². The first-order valence-corrected chi connectivity index (χ1v) is 7.33. The topological polar surface area (TPSA) is 48.0 Å². The largest absolute Gasteiger partial charge is 0.493 e. The van der Waals surface area contributed by atoms with Gasteiger partial charge in [0.25, 0.3) is 5.91 Å². The molecule has 1 aromatic carbocycles. The lowest BCUT2D eigenvalue weighted by Crippen LogP contribution is -2.28. The molecule has 1 aromatic rings. The predicted molar refractivity (Wildman–Crippen MR) is 81.5 cm³/mol. The predicted octanol–water partition coefficient (Wildman–Crippen LogP) is 2.57. The number of benzene rings is 1. The fraction of sp³-hybridized carbons (Fsp3) is 0.500. The van der Waals surface area contributed by atoms with Crippen LogP contribution in [-0.2, 0) is 0 Å². The maximum absolute atomic E-state index is 12.4. The molecule has 0 aliphatic carbocycles. The zero-order chi connectivity index (χ0) is 15.1. The number of carbonyl (C=O) groups is 1. The van der Waals surface area contributed by atoms with Gasteiger partial charge in [0.15, 0.2) is 11.5 Å². The first kappa shape index (κ1) is 16.6. The third kappa shape index (κ3) is 3.56. The molecule has 1 amide bonds. The molecule has 6 heteroatoms. The number of amides is 1. The van der Waals surface area contributed by atoms with E-state index in [1.807, 2.05) is 0 Å². The minimum atomic E-state index is -0.108. The van der Waals surface area contributed by atoms with Gasteiger partial charge in [0.1, 0.15) is 0 Å². The zero-order valence-electron chi connectivity index (χ0n) is 12.2. The van der Waals surface area contributed by atoms with Crippen LogP contribution in [0, 0.1) is 0 Å². The highest BCUT2D eigenvalue weighted by atomic mass is 79.9. The Kier molecular flexibility index (Phi) is 6.64. The molecule has 0 aliphatic heterocycles. The SMILES string of the molecule is COc1ccc(C(=O)N(C)CCCBr)c(OC)c1OC. The number of alkyl halides is 1. The molecule has 0 atom stereocenters. The summed E-state index contributed by atoms with van der Waals surface area (Å²) in [5.74, 6) is 1.24. The smallest absolute Gasteiger partial charge is 0.257 e. The normalized spacial score (nSPS) is 10.1. The summed E-state index contributed by atoms with van der Waals surface area (Å²) in [6, 6.07) is 3.39. The van der Waals surface area contributed by atoms with Crippen LogP contribution in [-0.4, -0.2) is 51.1 Å². The van der Waals surface area contributed by atoms with E-state index < -0.39 is 0 Å². The van der Waals surface area contributed by atoms with Crippen LogP contribution in [0.15, 0.2) is 12.1 Å². The van der Waals surface area contributed by atoms with Gasteiger partial charge in [-0.15, -0.1) is 0 Å². The summed E-state index contributed by atoms with van der Waals surface area (Å²) >= 11 is 3.35. The summed E-state index contributed by atoms with van der Waals surface area (Å²) in [4.78, 5) is 14.1. The Morgan fingerprint density at radius 3 is 2.30 bits per heavy atom. The Balaban J connectivity index is 3.14. The number of ether oxygens (including phenoxy) is 3. The summed E-state index contributed by atoms with van der Waals surface area (Å²) in [7, 11) is 6.33. The van der Waals surface area contributed by atoms with E-state index in [2.05, 4.69) is 15.9 Å². The number of nitrogens with zero attached hydrogens (tertiary/aromatic N) is 1. The van der Waals surface area contributed by atoms with Crippen molar-refractivity contribution in [3.63, 3.8) is 0 Å². The molecule has 20 heavy (non-hydrogen) atoms. The average molecular weight is 346 g/mol. The van der Waals surface area contributed by atoms with Gasteiger partial charge in [-0.3, -0.25) is 4.79 Å². The summed E-state index contributed by atoms with van der Waals surface area (Å²) in [6.07, 6.45) is 0.887. The summed E-state index contributed by atoms with van der Waals surface area (Å²) in [5, 5.41) is 0.855. The van der Waals surface area contributed by atoms with E-state index >= 15 is 0 Å². The van der Waals surface area contributed by atoms with Gasteiger partial charge in [0.05, 0.1) is 26.9 Å². The Morgan fingerprint density at radius 1 is 1.15 bits per heavy atom. The van der Waals surface area contributed by atoms with Gasteiger partial charge in [-0.25, -0.2) is 0 Å². The number of halogens is 1. The minimum absolute atomic E-state index is 0.108. The Labute approximate surface area is 127 Å². The minimum Gasteiger partial charge on any atom is -0.493 e. The van der Waals surface area contributed by atoms with E-state index in [9.17, 15) is 4.79 Å². The zero-order valence-corrected chi connectivity index (χ0v) is 13.8. The van der Waals surface area contributed by atoms with Crippen LogP contribution in [0.3, 0.4) is 0 Å². The molecular formula is C14H20BrNO4. The third-order valence-electron chi connectivity index (χ3n) is 2.91. The molecule has 0 unspecified atom stereocenters. The molecule has 5 nitrogen and oxygen atoms in total. The fourth-order valence-corrected chi connectivity index (χ4v) is 2.12. The second-order valence-corrected chi connectivity index (χ2v) is 4.94. The summed E-state index contributed by atoms with van der Waals surface area (Å²) in [5.41, 5.74) is 0.460. The molecule has 0 saturated heterocycles. The van der Waals surface area contributed by atoms with Crippen molar-refractivity contribution in [3.05, 3.63) is 17.7 Å². The molecule has 0 aromatic heterocycles.